The molecule has 0 aliphatic carbocycles. The highest BCUT2D eigenvalue weighted by Gasteiger charge is 2.11. The van der Waals surface area contributed by atoms with Crippen LogP contribution in [-0.2, 0) is 27.3 Å². The molecule has 0 aromatic carbocycles. The van der Waals surface area contributed by atoms with Gasteiger partial charge in [-0.15, -0.1) is 0 Å². The Bertz CT molecular complexity index is 399. The van der Waals surface area contributed by atoms with E-state index >= 15 is 0 Å². The third-order valence-corrected chi connectivity index (χ3v) is 2.53. The molecule has 0 N–H and O–H groups in total. The van der Waals surface area contributed by atoms with E-state index in [-0.39, 0.29) is 31.0 Å². The van der Waals surface area contributed by atoms with Gasteiger partial charge in [0, 0.05) is 25.4 Å². The standard InChI is InChI=1S/C13H20N2O3/c1-3-8-15-9-7-14-12(15)10-11(16)5-6-13(17)18-4-2/h7,9H,3-6,8,10H2,1-2H3. The van der Waals surface area contributed by atoms with Crippen molar-refractivity contribution < 1.29 is 14.3 Å². The normalized spacial score (nSPS) is 10.3. The number of aromatic nitrogens is 2. The number of carbonyl (C=O) groups is 2. The molecule has 1 rings (SSSR count). The molecule has 5 nitrogen and oxygen atoms in total. The molecule has 0 saturated heterocycles. The summed E-state index contributed by atoms with van der Waals surface area (Å²) in [5.41, 5.74) is 0. The topological polar surface area (TPSA) is 61.2 Å². The highest BCUT2D eigenvalue weighted by atomic mass is 16.5. The van der Waals surface area contributed by atoms with E-state index in [9.17, 15) is 9.59 Å². The Morgan fingerprint density at radius 3 is 2.78 bits per heavy atom. The van der Waals surface area contributed by atoms with Crippen LogP contribution in [-0.4, -0.2) is 27.9 Å². The lowest BCUT2D eigenvalue weighted by atomic mass is 10.1. The number of hydrogen-bond donors (Lipinski definition) is 0. The molecule has 0 atom stereocenters. The second-order valence-electron chi connectivity index (χ2n) is 4.06. The summed E-state index contributed by atoms with van der Waals surface area (Å²) < 4.78 is 6.75. The molecule has 1 aromatic rings. The third kappa shape index (κ3) is 4.69. The van der Waals surface area contributed by atoms with Crippen LogP contribution in [0, 0.1) is 0 Å². The Morgan fingerprint density at radius 1 is 1.33 bits per heavy atom. The SMILES string of the molecule is CCCn1ccnc1CC(=O)CCC(=O)OCC. The number of ketones is 1. The van der Waals surface area contributed by atoms with Crippen LogP contribution in [0.3, 0.4) is 0 Å². The maximum absolute atomic E-state index is 11.7. The van der Waals surface area contributed by atoms with Gasteiger partial charge in [-0.2, -0.15) is 0 Å². The van der Waals surface area contributed by atoms with E-state index in [0.717, 1.165) is 18.8 Å². The summed E-state index contributed by atoms with van der Waals surface area (Å²) in [6, 6.07) is 0. The van der Waals surface area contributed by atoms with Crippen LogP contribution in [0.15, 0.2) is 12.4 Å². The average Bonchev–Trinajstić information content (AvgIpc) is 2.75. The van der Waals surface area contributed by atoms with Crippen LogP contribution in [0.2, 0.25) is 0 Å². The Hall–Kier alpha value is -1.65. The van der Waals surface area contributed by atoms with Crippen molar-refractivity contribution in [1.82, 2.24) is 9.55 Å². The zero-order valence-corrected chi connectivity index (χ0v) is 11.0. The molecule has 100 valence electrons. The lowest BCUT2D eigenvalue weighted by Crippen LogP contribution is -2.12. The molecular formula is C13H20N2O3. The van der Waals surface area contributed by atoms with E-state index in [1.54, 1.807) is 13.1 Å². The lowest BCUT2D eigenvalue weighted by molar-refractivity contribution is -0.144. The summed E-state index contributed by atoms with van der Waals surface area (Å²) in [7, 11) is 0. The fourth-order valence-corrected chi connectivity index (χ4v) is 1.69. The van der Waals surface area contributed by atoms with E-state index in [1.807, 2.05) is 10.8 Å². The van der Waals surface area contributed by atoms with Crippen molar-refractivity contribution in [2.45, 2.75) is 46.1 Å². The first-order valence-corrected chi connectivity index (χ1v) is 6.34. The molecule has 18 heavy (non-hydrogen) atoms. The average molecular weight is 252 g/mol. The summed E-state index contributed by atoms with van der Waals surface area (Å²) in [6.07, 6.45) is 5.23. The smallest absolute Gasteiger partial charge is 0.306 e. The molecule has 0 unspecified atom stereocenters. The molecule has 0 radical (unpaired) electrons. The fourth-order valence-electron chi connectivity index (χ4n) is 1.69. The number of Topliss-reactive ketones (excluding diaryl/α,β-unsaturated/α-hetero) is 1. The van der Waals surface area contributed by atoms with Crippen LogP contribution >= 0.6 is 0 Å². The van der Waals surface area contributed by atoms with Gasteiger partial charge in [0.05, 0.1) is 19.4 Å². The third-order valence-electron chi connectivity index (χ3n) is 2.53. The molecule has 0 saturated carbocycles. The van der Waals surface area contributed by atoms with Gasteiger partial charge in [0.1, 0.15) is 11.6 Å². The van der Waals surface area contributed by atoms with Gasteiger partial charge in [0.2, 0.25) is 0 Å². The second-order valence-corrected chi connectivity index (χ2v) is 4.06. The summed E-state index contributed by atoms with van der Waals surface area (Å²) >= 11 is 0. The highest BCUT2D eigenvalue weighted by molar-refractivity contribution is 5.84. The zero-order valence-electron chi connectivity index (χ0n) is 11.0. The van der Waals surface area contributed by atoms with E-state index in [0.29, 0.717) is 6.61 Å². The van der Waals surface area contributed by atoms with Crippen molar-refractivity contribution >= 4 is 11.8 Å². The molecule has 0 amide bonds. The molecule has 0 fully saturated rings. The van der Waals surface area contributed by atoms with Crippen molar-refractivity contribution in [3.63, 3.8) is 0 Å². The Morgan fingerprint density at radius 2 is 2.11 bits per heavy atom. The first-order valence-electron chi connectivity index (χ1n) is 6.34. The molecular weight excluding hydrogens is 232 g/mol. The zero-order chi connectivity index (χ0) is 13.4. The molecule has 0 spiro atoms. The first-order chi connectivity index (χ1) is 8.67. The van der Waals surface area contributed by atoms with Crippen molar-refractivity contribution in [2.24, 2.45) is 0 Å². The van der Waals surface area contributed by atoms with Gasteiger partial charge in [-0.3, -0.25) is 9.59 Å². The number of aryl methyl sites for hydroxylation is 1. The number of hydrogen-bond acceptors (Lipinski definition) is 4. The summed E-state index contributed by atoms with van der Waals surface area (Å²) in [5, 5.41) is 0. The van der Waals surface area contributed by atoms with Crippen molar-refractivity contribution in [2.75, 3.05) is 6.61 Å². The number of carbonyl (C=O) groups excluding carboxylic acids is 2. The predicted octanol–water partition coefficient (Wildman–Crippen LogP) is 1.75. The van der Waals surface area contributed by atoms with Gasteiger partial charge in [0.15, 0.2) is 0 Å². The lowest BCUT2D eigenvalue weighted by Gasteiger charge is -2.05. The van der Waals surface area contributed by atoms with E-state index in [2.05, 4.69) is 11.9 Å². The highest BCUT2D eigenvalue weighted by Crippen LogP contribution is 2.04. The molecule has 1 heterocycles. The summed E-state index contributed by atoms with van der Waals surface area (Å²) in [5.74, 6) is 0.472. The quantitative estimate of drug-likeness (QED) is 0.661. The van der Waals surface area contributed by atoms with Crippen LogP contribution in [0.4, 0.5) is 0 Å². The number of ether oxygens (including phenoxy) is 1. The van der Waals surface area contributed by atoms with E-state index in [1.165, 1.54) is 0 Å². The van der Waals surface area contributed by atoms with Gasteiger partial charge >= 0.3 is 5.97 Å². The Labute approximate surface area is 107 Å². The minimum absolute atomic E-state index is 0.0200. The fraction of sp³-hybridized carbons (Fsp3) is 0.615. The van der Waals surface area contributed by atoms with Crippen LogP contribution in [0.1, 0.15) is 38.9 Å². The number of imidazole rings is 1. The number of rotatable bonds is 8. The summed E-state index contributed by atoms with van der Waals surface area (Å²) in [6.45, 7) is 5.04. The van der Waals surface area contributed by atoms with Gasteiger partial charge in [0.25, 0.3) is 0 Å². The molecule has 0 bridgehead atoms. The Balaban J connectivity index is 2.39. The first kappa shape index (κ1) is 14.4. The largest absolute Gasteiger partial charge is 0.466 e. The minimum Gasteiger partial charge on any atom is -0.466 e. The van der Waals surface area contributed by atoms with Crippen molar-refractivity contribution in [3.05, 3.63) is 18.2 Å². The van der Waals surface area contributed by atoms with Gasteiger partial charge in [-0.25, -0.2) is 4.98 Å². The molecule has 0 aliphatic rings. The summed E-state index contributed by atoms with van der Waals surface area (Å²) in [4.78, 5) is 27.0. The number of nitrogens with zero attached hydrogens (tertiary/aromatic N) is 2. The van der Waals surface area contributed by atoms with Gasteiger partial charge in [-0.05, 0) is 13.3 Å². The van der Waals surface area contributed by atoms with Crippen LogP contribution < -0.4 is 0 Å². The molecule has 5 heteroatoms. The van der Waals surface area contributed by atoms with E-state index < -0.39 is 0 Å². The minimum atomic E-state index is -0.317. The van der Waals surface area contributed by atoms with Crippen LogP contribution in [0.25, 0.3) is 0 Å². The number of esters is 1. The predicted molar refractivity (Wildman–Crippen MR) is 67.1 cm³/mol. The Kier molecular flexibility index (Phi) is 6.11. The van der Waals surface area contributed by atoms with E-state index in [4.69, 9.17) is 4.74 Å². The monoisotopic (exact) mass is 252 g/mol. The van der Waals surface area contributed by atoms with Crippen LogP contribution in [0.5, 0.6) is 0 Å². The van der Waals surface area contributed by atoms with Crippen molar-refractivity contribution in [3.8, 4) is 0 Å². The maximum atomic E-state index is 11.7. The van der Waals surface area contributed by atoms with Crippen molar-refractivity contribution in [1.29, 1.82) is 0 Å². The van der Waals surface area contributed by atoms with Gasteiger partial charge in [-0.1, -0.05) is 6.92 Å². The second kappa shape index (κ2) is 7.63. The van der Waals surface area contributed by atoms with Gasteiger partial charge < -0.3 is 9.30 Å². The molecule has 1 aromatic heterocycles. The molecule has 0 aliphatic heterocycles. The maximum Gasteiger partial charge on any atom is 0.306 e.